The first-order chi connectivity index (χ1) is 17.1. The van der Waals surface area contributed by atoms with Crippen LogP contribution in [-0.4, -0.2) is 33.8 Å². The Morgan fingerprint density at radius 2 is 1.49 bits per heavy atom. The van der Waals surface area contributed by atoms with E-state index in [-0.39, 0.29) is 12.5 Å². The average molecular weight is 472 g/mol. The highest BCUT2D eigenvalue weighted by atomic mass is 16.5. The van der Waals surface area contributed by atoms with Crippen molar-refractivity contribution in [2.45, 2.75) is 13.0 Å². The zero-order valence-corrected chi connectivity index (χ0v) is 20.2. The molecule has 4 aromatic carbocycles. The van der Waals surface area contributed by atoms with Crippen LogP contribution in [0.25, 0.3) is 10.8 Å². The Bertz CT molecular complexity index is 1310. The van der Waals surface area contributed by atoms with Crippen LogP contribution >= 0.6 is 0 Å². The number of carbonyl (C=O) groups is 1. The maximum atomic E-state index is 12.8. The molecule has 1 N–H and O–H groups in total. The molecule has 0 aliphatic rings. The standard InChI is InChI=1S/C29H29NO5/c1-32-25-14-12-22(29(31)30-16-15-20-11-13-27(33-2)28(17-20)34-3)18-23(25)19-35-26-10-6-8-21-7-4-5-9-24(21)26/h4-14,17-18H,15-16,19H2,1-3H3,(H,30,31). The van der Waals surface area contributed by atoms with Gasteiger partial charge in [0.15, 0.2) is 11.5 Å². The zero-order valence-electron chi connectivity index (χ0n) is 20.2. The van der Waals surface area contributed by atoms with E-state index in [4.69, 9.17) is 18.9 Å². The van der Waals surface area contributed by atoms with Crippen molar-refractivity contribution in [3.8, 4) is 23.0 Å². The highest BCUT2D eigenvalue weighted by molar-refractivity contribution is 5.94. The normalized spacial score (nSPS) is 10.6. The van der Waals surface area contributed by atoms with Crippen molar-refractivity contribution in [1.82, 2.24) is 5.32 Å². The van der Waals surface area contributed by atoms with Crippen LogP contribution in [0.2, 0.25) is 0 Å². The third kappa shape index (κ3) is 5.66. The van der Waals surface area contributed by atoms with Crippen LogP contribution < -0.4 is 24.3 Å². The number of hydrogen-bond acceptors (Lipinski definition) is 5. The number of benzene rings is 4. The Hall–Kier alpha value is -4.19. The van der Waals surface area contributed by atoms with Gasteiger partial charge in [-0.05, 0) is 53.8 Å². The third-order valence-corrected chi connectivity index (χ3v) is 5.82. The largest absolute Gasteiger partial charge is 0.496 e. The summed E-state index contributed by atoms with van der Waals surface area (Å²) in [6, 6.07) is 25.1. The summed E-state index contributed by atoms with van der Waals surface area (Å²) in [5, 5.41) is 5.13. The topological polar surface area (TPSA) is 66.0 Å². The number of methoxy groups -OCH3 is 3. The van der Waals surface area contributed by atoms with Crippen LogP contribution in [0.1, 0.15) is 21.5 Å². The molecule has 6 heteroatoms. The maximum absolute atomic E-state index is 12.8. The molecule has 0 aliphatic heterocycles. The van der Waals surface area contributed by atoms with Gasteiger partial charge in [0.1, 0.15) is 18.1 Å². The van der Waals surface area contributed by atoms with E-state index in [2.05, 4.69) is 17.4 Å². The molecule has 0 saturated carbocycles. The molecule has 0 spiro atoms. The number of fused-ring (bicyclic) bond motifs is 1. The minimum absolute atomic E-state index is 0.153. The molecule has 0 bridgehead atoms. The Morgan fingerprint density at radius 3 is 2.29 bits per heavy atom. The molecule has 0 heterocycles. The summed E-state index contributed by atoms with van der Waals surface area (Å²) in [6.45, 7) is 0.770. The molecular weight excluding hydrogens is 442 g/mol. The molecule has 1 amide bonds. The van der Waals surface area contributed by atoms with Gasteiger partial charge < -0.3 is 24.3 Å². The molecule has 0 aliphatic carbocycles. The van der Waals surface area contributed by atoms with Gasteiger partial charge in [0, 0.05) is 23.1 Å². The fourth-order valence-electron chi connectivity index (χ4n) is 3.97. The lowest BCUT2D eigenvalue weighted by molar-refractivity contribution is 0.0954. The summed E-state index contributed by atoms with van der Waals surface area (Å²) >= 11 is 0. The second kappa shape index (κ2) is 11.3. The SMILES string of the molecule is COc1ccc(C(=O)NCCc2ccc(OC)c(OC)c2)cc1COc1cccc2ccccc12. The molecule has 0 atom stereocenters. The Morgan fingerprint density at radius 1 is 0.743 bits per heavy atom. The fraction of sp³-hybridized carbons (Fsp3) is 0.207. The van der Waals surface area contributed by atoms with Gasteiger partial charge in [0.25, 0.3) is 5.91 Å². The molecule has 35 heavy (non-hydrogen) atoms. The number of amides is 1. The van der Waals surface area contributed by atoms with Crippen molar-refractivity contribution in [2.75, 3.05) is 27.9 Å². The lowest BCUT2D eigenvalue weighted by atomic mass is 10.1. The van der Waals surface area contributed by atoms with E-state index in [9.17, 15) is 4.79 Å². The predicted octanol–water partition coefficient (Wildman–Crippen LogP) is 5.42. The van der Waals surface area contributed by atoms with Crippen molar-refractivity contribution in [1.29, 1.82) is 0 Å². The Labute approximate surface area is 205 Å². The Kier molecular flexibility index (Phi) is 7.73. The molecule has 0 aromatic heterocycles. The summed E-state index contributed by atoms with van der Waals surface area (Å²) in [6.07, 6.45) is 0.666. The fourth-order valence-corrected chi connectivity index (χ4v) is 3.97. The van der Waals surface area contributed by atoms with Gasteiger partial charge in [-0.2, -0.15) is 0 Å². The van der Waals surface area contributed by atoms with Crippen molar-refractivity contribution < 1.29 is 23.7 Å². The van der Waals surface area contributed by atoms with Gasteiger partial charge in [-0.15, -0.1) is 0 Å². The second-order valence-electron chi connectivity index (χ2n) is 7.99. The molecule has 4 aromatic rings. The van der Waals surface area contributed by atoms with E-state index >= 15 is 0 Å². The van der Waals surface area contributed by atoms with Gasteiger partial charge >= 0.3 is 0 Å². The number of ether oxygens (including phenoxy) is 4. The van der Waals surface area contributed by atoms with Crippen molar-refractivity contribution >= 4 is 16.7 Å². The molecule has 0 unspecified atom stereocenters. The molecule has 6 nitrogen and oxygen atoms in total. The summed E-state index contributed by atoms with van der Waals surface area (Å²) in [5.74, 6) is 2.65. The van der Waals surface area contributed by atoms with Gasteiger partial charge in [-0.1, -0.05) is 42.5 Å². The van der Waals surface area contributed by atoms with Crippen LogP contribution in [-0.2, 0) is 13.0 Å². The van der Waals surface area contributed by atoms with Gasteiger partial charge in [0.05, 0.1) is 21.3 Å². The van der Waals surface area contributed by atoms with Crippen molar-refractivity contribution in [3.63, 3.8) is 0 Å². The van der Waals surface area contributed by atoms with E-state index in [1.165, 1.54) is 0 Å². The minimum atomic E-state index is -0.153. The molecule has 180 valence electrons. The van der Waals surface area contributed by atoms with E-state index < -0.39 is 0 Å². The third-order valence-electron chi connectivity index (χ3n) is 5.82. The molecule has 0 saturated heterocycles. The number of hydrogen-bond donors (Lipinski definition) is 1. The van der Waals surface area contributed by atoms with Crippen molar-refractivity contribution in [2.24, 2.45) is 0 Å². The lowest BCUT2D eigenvalue weighted by Gasteiger charge is -2.14. The van der Waals surface area contributed by atoms with Gasteiger partial charge in [-0.25, -0.2) is 0 Å². The van der Waals surface area contributed by atoms with Gasteiger partial charge in [-0.3, -0.25) is 4.79 Å². The van der Waals surface area contributed by atoms with E-state index in [0.717, 1.165) is 27.6 Å². The van der Waals surface area contributed by atoms with Crippen molar-refractivity contribution in [3.05, 3.63) is 95.6 Å². The first kappa shape index (κ1) is 24.0. The quantitative estimate of drug-likeness (QED) is 0.335. The highest BCUT2D eigenvalue weighted by Gasteiger charge is 2.12. The van der Waals surface area contributed by atoms with Crippen LogP contribution in [0.5, 0.6) is 23.0 Å². The van der Waals surface area contributed by atoms with Crippen LogP contribution in [0.4, 0.5) is 0 Å². The van der Waals surface area contributed by atoms with Crippen LogP contribution in [0.15, 0.2) is 78.9 Å². The lowest BCUT2D eigenvalue weighted by Crippen LogP contribution is -2.25. The number of nitrogens with one attached hydrogen (secondary N) is 1. The summed E-state index contributed by atoms with van der Waals surface area (Å²) in [7, 11) is 4.82. The minimum Gasteiger partial charge on any atom is -0.496 e. The van der Waals surface area contributed by atoms with E-state index in [0.29, 0.717) is 35.8 Å². The summed E-state index contributed by atoms with van der Waals surface area (Å²) < 4.78 is 22.3. The molecule has 0 fully saturated rings. The summed E-state index contributed by atoms with van der Waals surface area (Å²) in [4.78, 5) is 12.8. The molecule has 0 radical (unpaired) electrons. The number of rotatable bonds is 10. The molecule has 4 rings (SSSR count). The van der Waals surface area contributed by atoms with E-state index in [1.54, 1.807) is 33.5 Å². The smallest absolute Gasteiger partial charge is 0.251 e. The predicted molar refractivity (Wildman–Crippen MR) is 137 cm³/mol. The maximum Gasteiger partial charge on any atom is 0.251 e. The average Bonchev–Trinajstić information content (AvgIpc) is 2.91. The van der Waals surface area contributed by atoms with Crippen LogP contribution in [0.3, 0.4) is 0 Å². The first-order valence-corrected chi connectivity index (χ1v) is 11.4. The van der Waals surface area contributed by atoms with Gasteiger partial charge in [0.2, 0.25) is 0 Å². The number of carbonyl (C=O) groups excluding carboxylic acids is 1. The first-order valence-electron chi connectivity index (χ1n) is 11.4. The Balaban J connectivity index is 1.41. The van der Waals surface area contributed by atoms with Crippen LogP contribution in [0, 0.1) is 0 Å². The summed E-state index contributed by atoms with van der Waals surface area (Å²) in [5.41, 5.74) is 2.39. The second-order valence-corrected chi connectivity index (χ2v) is 7.99. The molecular formula is C29H29NO5. The monoisotopic (exact) mass is 471 g/mol. The highest BCUT2D eigenvalue weighted by Crippen LogP contribution is 2.29. The zero-order chi connectivity index (χ0) is 24.6. The van der Waals surface area contributed by atoms with E-state index in [1.807, 2.05) is 54.6 Å².